The Balaban J connectivity index is 1.56. The zero-order chi connectivity index (χ0) is 27.3. The fraction of sp³-hybridized carbons (Fsp3) is 0.429. The van der Waals surface area contributed by atoms with Crippen molar-refractivity contribution in [2.24, 2.45) is 5.73 Å². The Morgan fingerprint density at radius 2 is 1.68 bits per heavy atom. The molecule has 3 atom stereocenters. The van der Waals surface area contributed by atoms with E-state index in [1.807, 2.05) is 60.7 Å². The van der Waals surface area contributed by atoms with Gasteiger partial charge in [0.25, 0.3) is 0 Å². The SMILES string of the molecule is COC(=O)[C@@H]1CCCN1C(=O)C(CCCNC(=O)OCc1ccccc1)NC(=O)[C@@H](N)Cc1ccccc1. The summed E-state index contributed by atoms with van der Waals surface area (Å²) in [6, 6.07) is 16.2. The lowest BCUT2D eigenvalue weighted by molar-refractivity contribution is -0.152. The first kappa shape index (κ1) is 28.6. The number of carbonyl (C=O) groups excluding carboxylic acids is 4. The molecule has 4 N–H and O–H groups in total. The van der Waals surface area contributed by atoms with Crippen LogP contribution in [0.25, 0.3) is 0 Å². The van der Waals surface area contributed by atoms with Gasteiger partial charge in [-0.2, -0.15) is 0 Å². The fourth-order valence-corrected chi connectivity index (χ4v) is 4.38. The average molecular weight is 525 g/mol. The highest BCUT2D eigenvalue weighted by Crippen LogP contribution is 2.20. The quantitative estimate of drug-likeness (QED) is 0.285. The van der Waals surface area contributed by atoms with E-state index in [0.29, 0.717) is 32.2 Å². The molecular formula is C28H36N4O6. The molecule has 204 valence electrons. The van der Waals surface area contributed by atoms with Gasteiger partial charge < -0.3 is 30.7 Å². The van der Waals surface area contributed by atoms with Crippen LogP contribution >= 0.6 is 0 Å². The van der Waals surface area contributed by atoms with E-state index in [0.717, 1.165) is 11.1 Å². The minimum atomic E-state index is -0.906. The summed E-state index contributed by atoms with van der Waals surface area (Å²) in [5, 5.41) is 5.44. The summed E-state index contributed by atoms with van der Waals surface area (Å²) < 4.78 is 10.1. The molecule has 3 rings (SSSR count). The van der Waals surface area contributed by atoms with Crippen molar-refractivity contribution in [3.05, 3.63) is 71.8 Å². The first-order valence-electron chi connectivity index (χ1n) is 12.8. The number of amides is 3. The Bertz CT molecular complexity index is 1070. The number of nitrogens with two attached hydrogens (primary N) is 1. The van der Waals surface area contributed by atoms with Gasteiger partial charge in [0.05, 0.1) is 13.2 Å². The van der Waals surface area contributed by atoms with Crippen LogP contribution in [-0.4, -0.2) is 67.1 Å². The Kier molecular flexibility index (Phi) is 11.1. The molecule has 10 heteroatoms. The molecule has 10 nitrogen and oxygen atoms in total. The lowest BCUT2D eigenvalue weighted by Crippen LogP contribution is -2.55. The van der Waals surface area contributed by atoms with E-state index in [2.05, 4.69) is 10.6 Å². The van der Waals surface area contributed by atoms with Crippen LogP contribution in [0.3, 0.4) is 0 Å². The molecule has 1 unspecified atom stereocenters. The largest absolute Gasteiger partial charge is 0.467 e. The zero-order valence-corrected chi connectivity index (χ0v) is 21.6. The molecule has 38 heavy (non-hydrogen) atoms. The van der Waals surface area contributed by atoms with Gasteiger partial charge in [0.1, 0.15) is 18.7 Å². The number of ether oxygens (including phenoxy) is 2. The third-order valence-corrected chi connectivity index (χ3v) is 6.41. The van der Waals surface area contributed by atoms with Gasteiger partial charge in [-0.05, 0) is 43.2 Å². The van der Waals surface area contributed by atoms with Crippen LogP contribution in [-0.2, 0) is 36.9 Å². The summed E-state index contributed by atoms with van der Waals surface area (Å²) in [6.07, 6.45) is 1.54. The van der Waals surface area contributed by atoms with Crippen molar-refractivity contribution in [2.75, 3.05) is 20.2 Å². The number of esters is 1. The predicted molar refractivity (Wildman–Crippen MR) is 141 cm³/mol. The van der Waals surface area contributed by atoms with E-state index >= 15 is 0 Å². The number of methoxy groups -OCH3 is 1. The number of rotatable bonds is 12. The molecule has 1 aliphatic heterocycles. The molecule has 3 amide bonds. The van der Waals surface area contributed by atoms with Crippen molar-refractivity contribution in [1.29, 1.82) is 0 Å². The van der Waals surface area contributed by atoms with Crippen molar-refractivity contribution in [3.8, 4) is 0 Å². The average Bonchev–Trinajstić information content (AvgIpc) is 3.44. The normalized spacial score (nSPS) is 16.3. The molecule has 1 fully saturated rings. The van der Waals surface area contributed by atoms with Crippen LogP contribution in [0.1, 0.15) is 36.8 Å². The highest BCUT2D eigenvalue weighted by Gasteiger charge is 2.38. The second kappa shape index (κ2) is 14.7. The van der Waals surface area contributed by atoms with Crippen LogP contribution in [0.2, 0.25) is 0 Å². The maximum absolute atomic E-state index is 13.4. The predicted octanol–water partition coefficient (Wildman–Crippen LogP) is 1.91. The number of nitrogens with zero attached hydrogens (tertiary/aromatic N) is 1. The molecule has 1 aliphatic rings. The molecule has 0 aromatic heterocycles. The number of hydrogen-bond acceptors (Lipinski definition) is 7. The lowest BCUT2D eigenvalue weighted by atomic mass is 10.0. The lowest BCUT2D eigenvalue weighted by Gasteiger charge is -2.28. The first-order valence-corrected chi connectivity index (χ1v) is 12.8. The van der Waals surface area contributed by atoms with Crippen molar-refractivity contribution < 1.29 is 28.7 Å². The van der Waals surface area contributed by atoms with Crippen LogP contribution in [0, 0.1) is 0 Å². The summed E-state index contributed by atoms with van der Waals surface area (Å²) in [4.78, 5) is 52.1. The van der Waals surface area contributed by atoms with Gasteiger partial charge in [-0.1, -0.05) is 60.7 Å². The Hall–Kier alpha value is -3.92. The van der Waals surface area contributed by atoms with Gasteiger partial charge in [-0.3, -0.25) is 9.59 Å². The van der Waals surface area contributed by atoms with Gasteiger partial charge >= 0.3 is 12.1 Å². The molecule has 0 radical (unpaired) electrons. The smallest absolute Gasteiger partial charge is 0.407 e. The number of likely N-dealkylation sites (tertiary alicyclic amines) is 1. The molecule has 1 saturated heterocycles. The van der Waals surface area contributed by atoms with E-state index in [1.54, 1.807) is 0 Å². The maximum Gasteiger partial charge on any atom is 0.407 e. The molecule has 0 bridgehead atoms. The molecule has 2 aromatic rings. The highest BCUT2D eigenvalue weighted by molar-refractivity contribution is 5.92. The monoisotopic (exact) mass is 524 g/mol. The van der Waals surface area contributed by atoms with E-state index in [4.69, 9.17) is 15.2 Å². The Morgan fingerprint density at radius 3 is 2.34 bits per heavy atom. The summed E-state index contributed by atoms with van der Waals surface area (Å²) in [5.41, 5.74) is 7.91. The van der Waals surface area contributed by atoms with Crippen LogP contribution in [0.15, 0.2) is 60.7 Å². The Morgan fingerprint density at radius 1 is 1.03 bits per heavy atom. The van der Waals surface area contributed by atoms with E-state index in [1.165, 1.54) is 12.0 Å². The molecule has 2 aromatic carbocycles. The number of carbonyl (C=O) groups is 4. The molecular weight excluding hydrogens is 488 g/mol. The molecule has 1 heterocycles. The topological polar surface area (TPSA) is 140 Å². The number of hydrogen-bond donors (Lipinski definition) is 3. The van der Waals surface area contributed by atoms with E-state index in [9.17, 15) is 19.2 Å². The number of nitrogens with one attached hydrogen (secondary N) is 2. The van der Waals surface area contributed by atoms with Gasteiger partial charge in [-0.15, -0.1) is 0 Å². The Labute approximate surface area is 222 Å². The fourth-order valence-electron chi connectivity index (χ4n) is 4.38. The highest BCUT2D eigenvalue weighted by atomic mass is 16.5. The van der Waals surface area contributed by atoms with Gasteiger partial charge in [0, 0.05) is 13.1 Å². The van der Waals surface area contributed by atoms with Crippen LogP contribution < -0.4 is 16.4 Å². The number of alkyl carbamates (subject to hydrolysis) is 1. The van der Waals surface area contributed by atoms with Crippen LogP contribution in [0.5, 0.6) is 0 Å². The second-order valence-electron chi connectivity index (χ2n) is 9.20. The van der Waals surface area contributed by atoms with Crippen LogP contribution in [0.4, 0.5) is 4.79 Å². The minimum absolute atomic E-state index is 0.146. The van der Waals surface area contributed by atoms with Gasteiger partial charge in [0.15, 0.2) is 0 Å². The summed E-state index contributed by atoms with van der Waals surface area (Å²) in [7, 11) is 1.29. The molecule has 0 saturated carbocycles. The van der Waals surface area contributed by atoms with Gasteiger partial charge in [0.2, 0.25) is 11.8 Å². The van der Waals surface area contributed by atoms with Crippen molar-refractivity contribution in [2.45, 2.75) is 56.8 Å². The van der Waals surface area contributed by atoms with E-state index < -0.39 is 36.1 Å². The van der Waals surface area contributed by atoms with Crippen molar-refractivity contribution in [3.63, 3.8) is 0 Å². The first-order chi connectivity index (χ1) is 18.4. The number of benzene rings is 2. The second-order valence-corrected chi connectivity index (χ2v) is 9.20. The summed E-state index contributed by atoms with van der Waals surface area (Å²) in [6.45, 7) is 0.780. The summed E-state index contributed by atoms with van der Waals surface area (Å²) >= 11 is 0. The van der Waals surface area contributed by atoms with E-state index in [-0.39, 0.29) is 25.5 Å². The zero-order valence-electron chi connectivity index (χ0n) is 21.6. The molecule has 0 spiro atoms. The molecule has 0 aliphatic carbocycles. The maximum atomic E-state index is 13.4. The minimum Gasteiger partial charge on any atom is -0.467 e. The third-order valence-electron chi connectivity index (χ3n) is 6.41. The third kappa shape index (κ3) is 8.58. The van der Waals surface area contributed by atoms with Crippen molar-refractivity contribution >= 4 is 23.9 Å². The standard InChI is InChI=1S/C28H36N4O6/c1-37-27(35)24-15-9-17-32(24)26(34)23(31-25(33)22(29)18-20-10-4-2-5-11-20)14-8-16-30-28(36)38-19-21-12-6-3-7-13-21/h2-7,10-13,22-24H,8-9,14-19,29H2,1H3,(H,30,36)(H,31,33)/t22-,23?,24-/m0/s1. The van der Waals surface area contributed by atoms with Crippen molar-refractivity contribution in [1.82, 2.24) is 15.5 Å². The van der Waals surface area contributed by atoms with Gasteiger partial charge in [-0.25, -0.2) is 9.59 Å². The summed E-state index contributed by atoms with van der Waals surface area (Å²) in [5.74, 6) is -1.31.